The van der Waals surface area contributed by atoms with Crippen LogP contribution in [-0.2, 0) is 6.54 Å². The summed E-state index contributed by atoms with van der Waals surface area (Å²) in [6, 6.07) is 4.42. The summed E-state index contributed by atoms with van der Waals surface area (Å²) in [5.74, 6) is 2.03. The van der Waals surface area contributed by atoms with Crippen LogP contribution in [0.2, 0.25) is 0 Å². The van der Waals surface area contributed by atoms with Gasteiger partial charge in [0.25, 0.3) is 0 Å². The lowest BCUT2D eigenvalue weighted by Gasteiger charge is -2.12. The number of benzene rings is 1. The molecular formula is C14H18BrN3O2. The molecule has 0 radical (unpaired) electrons. The molecule has 5 nitrogen and oxygen atoms in total. The zero-order valence-corrected chi connectivity index (χ0v) is 12.8. The van der Waals surface area contributed by atoms with Crippen LogP contribution in [0.4, 0.5) is 0 Å². The van der Waals surface area contributed by atoms with Crippen LogP contribution in [0.1, 0.15) is 31.2 Å². The molecule has 3 N–H and O–H groups in total. The zero-order valence-electron chi connectivity index (χ0n) is 11.2. The van der Waals surface area contributed by atoms with Crippen LogP contribution in [0.25, 0.3) is 0 Å². The fourth-order valence-corrected chi connectivity index (χ4v) is 3.22. The molecule has 3 rings (SSSR count). The molecule has 1 fully saturated rings. The van der Waals surface area contributed by atoms with Crippen molar-refractivity contribution in [2.75, 3.05) is 6.79 Å². The molecule has 20 heavy (non-hydrogen) atoms. The van der Waals surface area contributed by atoms with Crippen LogP contribution in [0, 0.1) is 0 Å². The average molecular weight is 340 g/mol. The summed E-state index contributed by atoms with van der Waals surface area (Å²) in [4.78, 5) is 4.39. The van der Waals surface area contributed by atoms with Crippen LogP contribution in [0.3, 0.4) is 0 Å². The summed E-state index contributed by atoms with van der Waals surface area (Å²) in [6.45, 7) is 0.798. The Hall–Kier alpha value is -1.43. The lowest BCUT2D eigenvalue weighted by atomic mass is 10.2. The van der Waals surface area contributed by atoms with Crippen molar-refractivity contribution in [1.82, 2.24) is 5.32 Å². The smallest absolute Gasteiger partial charge is 0.231 e. The molecular weight excluding hydrogens is 322 g/mol. The number of fused-ring (bicyclic) bond motifs is 1. The summed E-state index contributed by atoms with van der Waals surface area (Å²) in [5, 5.41) is 3.28. The van der Waals surface area contributed by atoms with E-state index in [0.29, 0.717) is 18.5 Å². The summed E-state index contributed by atoms with van der Waals surface area (Å²) in [6.07, 6.45) is 4.93. The molecule has 2 aliphatic rings. The minimum Gasteiger partial charge on any atom is -0.454 e. The molecule has 108 valence electrons. The van der Waals surface area contributed by atoms with E-state index in [1.54, 1.807) is 0 Å². The minimum absolute atomic E-state index is 0.270. The van der Waals surface area contributed by atoms with Crippen LogP contribution < -0.4 is 20.5 Å². The van der Waals surface area contributed by atoms with Gasteiger partial charge in [-0.15, -0.1) is 0 Å². The van der Waals surface area contributed by atoms with Crippen molar-refractivity contribution < 1.29 is 9.47 Å². The van der Waals surface area contributed by atoms with E-state index in [0.717, 1.165) is 21.5 Å². The predicted octanol–water partition coefficient (Wildman–Crippen LogP) is 2.52. The maximum Gasteiger partial charge on any atom is 0.231 e. The highest BCUT2D eigenvalue weighted by Crippen LogP contribution is 2.40. The molecule has 0 aromatic heterocycles. The van der Waals surface area contributed by atoms with E-state index < -0.39 is 0 Å². The number of guanidine groups is 1. The topological polar surface area (TPSA) is 68.9 Å². The summed E-state index contributed by atoms with van der Waals surface area (Å²) >= 11 is 3.48. The van der Waals surface area contributed by atoms with Gasteiger partial charge in [-0.25, -0.2) is 4.99 Å². The van der Waals surface area contributed by atoms with E-state index in [2.05, 4.69) is 26.2 Å². The normalized spacial score (nSPS) is 18.6. The second-order valence-electron chi connectivity index (χ2n) is 5.14. The number of nitrogens with zero attached hydrogens (tertiary/aromatic N) is 1. The van der Waals surface area contributed by atoms with Gasteiger partial charge in [0.1, 0.15) is 0 Å². The third kappa shape index (κ3) is 3.00. The zero-order chi connectivity index (χ0) is 13.9. The van der Waals surface area contributed by atoms with Gasteiger partial charge in [0, 0.05) is 6.04 Å². The molecule has 1 aromatic rings. The van der Waals surface area contributed by atoms with Gasteiger partial charge < -0.3 is 20.5 Å². The van der Waals surface area contributed by atoms with E-state index >= 15 is 0 Å². The van der Waals surface area contributed by atoms with Gasteiger partial charge in [-0.1, -0.05) is 12.8 Å². The first kappa shape index (κ1) is 13.5. The van der Waals surface area contributed by atoms with Gasteiger partial charge in [-0.2, -0.15) is 0 Å². The van der Waals surface area contributed by atoms with Gasteiger partial charge in [-0.3, -0.25) is 0 Å². The number of ether oxygens (including phenoxy) is 2. The minimum atomic E-state index is 0.270. The monoisotopic (exact) mass is 339 g/mol. The molecule has 0 bridgehead atoms. The summed E-state index contributed by atoms with van der Waals surface area (Å²) in [5.41, 5.74) is 6.96. The highest BCUT2D eigenvalue weighted by atomic mass is 79.9. The van der Waals surface area contributed by atoms with E-state index in [9.17, 15) is 0 Å². The molecule has 0 unspecified atom stereocenters. The van der Waals surface area contributed by atoms with Gasteiger partial charge >= 0.3 is 0 Å². The maximum atomic E-state index is 5.92. The Morgan fingerprint density at radius 1 is 1.35 bits per heavy atom. The fourth-order valence-electron chi connectivity index (χ4n) is 2.61. The Kier molecular flexibility index (Phi) is 4.00. The van der Waals surface area contributed by atoms with Gasteiger partial charge in [-0.05, 0) is 46.5 Å². The molecule has 0 spiro atoms. The third-order valence-electron chi connectivity index (χ3n) is 3.63. The van der Waals surface area contributed by atoms with E-state index in [1.165, 1.54) is 25.7 Å². The number of nitrogens with one attached hydrogen (secondary N) is 1. The Morgan fingerprint density at radius 3 is 2.95 bits per heavy atom. The Morgan fingerprint density at radius 2 is 2.15 bits per heavy atom. The largest absolute Gasteiger partial charge is 0.454 e. The second kappa shape index (κ2) is 5.91. The SMILES string of the molecule is NC(=NCc1cc(Br)c2c(c1)OCO2)NC1CCCC1. The number of aliphatic imine (C=N–C) groups is 1. The molecule has 1 aliphatic carbocycles. The van der Waals surface area contributed by atoms with Gasteiger partial charge in [0.15, 0.2) is 17.5 Å². The summed E-state index contributed by atoms with van der Waals surface area (Å²) in [7, 11) is 0. The van der Waals surface area contributed by atoms with E-state index in [-0.39, 0.29) is 6.79 Å². The molecule has 1 heterocycles. The van der Waals surface area contributed by atoms with Crippen molar-refractivity contribution in [1.29, 1.82) is 0 Å². The first-order valence-corrected chi connectivity index (χ1v) is 7.66. The second-order valence-corrected chi connectivity index (χ2v) is 5.99. The molecule has 1 saturated carbocycles. The van der Waals surface area contributed by atoms with Crippen molar-refractivity contribution in [3.63, 3.8) is 0 Å². The van der Waals surface area contributed by atoms with Crippen LogP contribution in [0.5, 0.6) is 11.5 Å². The Bertz CT molecular complexity index is 527. The van der Waals surface area contributed by atoms with Crippen molar-refractivity contribution in [3.05, 3.63) is 22.2 Å². The molecule has 6 heteroatoms. The van der Waals surface area contributed by atoms with E-state index in [1.807, 2.05) is 12.1 Å². The van der Waals surface area contributed by atoms with Crippen LogP contribution in [-0.4, -0.2) is 18.8 Å². The average Bonchev–Trinajstić information content (AvgIpc) is 3.07. The number of halogens is 1. The quantitative estimate of drug-likeness (QED) is 0.655. The summed E-state index contributed by atoms with van der Waals surface area (Å²) < 4.78 is 11.6. The Labute approximate surface area is 126 Å². The number of hydrogen-bond acceptors (Lipinski definition) is 3. The van der Waals surface area contributed by atoms with Crippen molar-refractivity contribution >= 4 is 21.9 Å². The Balaban J connectivity index is 1.64. The van der Waals surface area contributed by atoms with Crippen LogP contribution in [0.15, 0.2) is 21.6 Å². The lowest BCUT2D eigenvalue weighted by molar-refractivity contribution is 0.173. The molecule has 0 saturated heterocycles. The highest BCUT2D eigenvalue weighted by Gasteiger charge is 2.18. The maximum absolute atomic E-state index is 5.92. The molecule has 1 aliphatic heterocycles. The van der Waals surface area contributed by atoms with E-state index in [4.69, 9.17) is 15.2 Å². The van der Waals surface area contributed by atoms with Crippen LogP contribution >= 0.6 is 15.9 Å². The molecule has 0 amide bonds. The number of nitrogens with two attached hydrogens (primary N) is 1. The number of rotatable bonds is 3. The molecule has 1 aromatic carbocycles. The van der Waals surface area contributed by atoms with Crippen molar-refractivity contribution in [3.8, 4) is 11.5 Å². The first-order valence-electron chi connectivity index (χ1n) is 6.87. The van der Waals surface area contributed by atoms with Gasteiger partial charge in [0.05, 0.1) is 11.0 Å². The first-order chi connectivity index (χ1) is 9.72. The lowest BCUT2D eigenvalue weighted by Crippen LogP contribution is -2.38. The van der Waals surface area contributed by atoms with Gasteiger partial charge in [0.2, 0.25) is 6.79 Å². The predicted molar refractivity (Wildman–Crippen MR) is 81.0 cm³/mol. The van der Waals surface area contributed by atoms with Crippen molar-refractivity contribution in [2.45, 2.75) is 38.3 Å². The fraction of sp³-hybridized carbons (Fsp3) is 0.500. The highest BCUT2D eigenvalue weighted by molar-refractivity contribution is 9.10. The van der Waals surface area contributed by atoms with Crippen molar-refractivity contribution in [2.24, 2.45) is 10.7 Å². The molecule has 0 atom stereocenters. The standard InChI is InChI=1S/C14H18BrN3O2/c15-11-5-9(6-12-13(11)20-8-19-12)7-17-14(16)18-10-3-1-2-4-10/h5-6,10H,1-4,7-8H2,(H3,16,17,18). The number of hydrogen-bond donors (Lipinski definition) is 2. The third-order valence-corrected chi connectivity index (χ3v) is 4.22.